The molecule has 2 amide bonds. The maximum absolute atomic E-state index is 13.9. The van der Waals surface area contributed by atoms with E-state index in [2.05, 4.69) is 55.2 Å². The van der Waals surface area contributed by atoms with E-state index in [4.69, 9.17) is 4.74 Å². The lowest BCUT2D eigenvalue weighted by atomic mass is 9.98. The Morgan fingerprint density at radius 2 is 1.01 bits per heavy atom. The van der Waals surface area contributed by atoms with Crippen LogP contribution >= 0.6 is 0 Å². The summed E-state index contributed by atoms with van der Waals surface area (Å²) in [5.41, 5.74) is 6.01. The first kappa shape index (κ1) is 48.8. The van der Waals surface area contributed by atoms with Gasteiger partial charge in [0.05, 0.1) is 93.4 Å². The third-order valence-corrected chi connectivity index (χ3v) is 13.8. The van der Waals surface area contributed by atoms with Crippen LogP contribution in [0.5, 0.6) is 5.75 Å². The maximum Gasteiger partial charge on any atom is 0.417 e. The van der Waals surface area contributed by atoms with Crippen molar-refractivity contribution in [2.24, 2.45) is 0 Å². The first-order chi connectivity index (χ1) is 36.9. The minimum absolute atomic E-state index is 0.0696. The largest absolute Gasteiger partial charge is 0.496 e. The Kier molecular flexibility index (Phi) is 13.1. The van der Waals surface area contributed by atoms with E-state index in [0.717, 1.165) is 45.1 Å². The van der Waals surface area contributed by atoms with E-state index < -0.39 is 23.2 Å². The second-order valence-electron chi connectivity index (χ2n) is 18.3. The van der Waals surface area contributed by atoms with E-state index >= 15 is 0 Å². The number of carbonyl (C=O) groups excluding carboxylic acids is 2. The van der Waals surface area contributed by atoms with Crippen molar-refractivity contribution in [3.8, 4) is 5.75 Å². The van der Waals surface area contributed by atoms with Gasteiger partial charge in [0.25, 0.3) is 22.9 Å². The topological polar surface area (TPSA) is 231 Å². The number of ether oxygens (including phenoxy) is 1. The third kappa shape index (κ3) is 9.86. The van der Waals surface area contributed by atoms with Gasteiger partial charge < -0.3 is 34.3 Å². The Bertz CT molecular complexity index is 3930. The molecule has 12 rings (SSSR count). The van der Waals surface area contributed by atoms with Crippen molar-refractivity contribution >= 4 is 67.1 Å². The molecule has 384 valence electrons. The zero-order valence-corrected chi connectivity index (χ0v) is 40.8. The molecule has 8 heterocycles. The average molecular weight is 1030 g/mol. The molecule has 10 aromatic rings. The van der Waals surface area contributed by atoms with Gasteiger partial charge in [-0.05, 0) is 59.7 Å². The molecule has 22 heteroatoms. The van der Waals surface area contributed by atoms with Crippen LogP contribution in [0, 0.1) is 0 Å². The smallest absolute Gasteiger partial charge is 0.417 e. The number of rotatable bonds is 9. The van der Waals surface area contributed by atoms with Gasteiger partial charge in [0, 0.05) is 76.0 Å². The molecule has 19 nitrogen and oxygen atoms in total. The van der Waals surface area contributed by atoms with Crippen molar-refractivity contribution < 1.29 is 27.5 Å². The van der Waals surface area contributed by atoms with Crippen LogP contribution in [0.15, 0.2) is 132 Å². The summed E-state index contributed by atoms with van der Waals surface area (Å²) in [6, 6.07) is 27.4. The van der Waals surface area contributed by atoms with Crippen molar-refractivity contribution in [3.05, 3.63) is 182 Å². The minimum Gasteiger partial charge on any atom is -0.496 e. The molecule has 0 bridgehead atoms. The highest BCUT2D eigenvalue weighted by molar-refractivity contribution is 5.98. The number of nitrogens with zero attached hydrogens (tertiary/aromatic N) is 10. The van der Waals surface area contributed by atoms with Gasteiger partial charge in [-0.1, -0.05) is 48.5 Å². The number of methoxy groups -OCH3 is 1. The lowest BCUT2D eigenvalue weighted by molar-refractivity contribution is -0.138. The molecule has 0 saturated carbocycles. The number of anilines is 2. The molecule has 2 aliphatic heterocycles. The van der Waals surface area contributed by atoms with E-state index in [0.29, 0.717) is 95.7 Å². The number of hydrogen-bond acceptors (Lipinski definition) is 13. The summed E-state index contributed by atoms with van der Waals surface area (Å²) in [6.07, 6.45) is 2.63. The third-order valence-electron chi connectivity index (χ3n) is 13.8. The minimum atomic E-state index is -4.70. The van der Waals surface area contributed by atoms with Crippen molar-refractivity contribution in [3.63, 3.8) is 0 Å². The van der Waals surface area contributed by atoms with E-state index in [9.17, 15) is 32.3 Å². The van der Waals surface area contributed by atoms with Crippen LogP contribution < -0.4 is 25.7 Å². The molecule has 0 radical (unpaired) electrons. The van der Waals surface area contributed by atoms with Crippen LogP contribution in [-0.4, -0.2) is 131 Å². The van der Waals surface area contributed by atoms with Gasteiger partial charge in [-0.15, -0.1) is 0 Å². The summed E-state index contributed by atoms with van der Waals surface area (Å²) < 4.78 is 47.3. The Labute approximate surface area is 429 Å². The molecule has 0 aliphatic carbocycles. The Morgan fingerprint density at radius 1 is 0.566 bits per heavy atom. The molecule has 0 unspecified atom stereocenters. The fraction of sp³-hybridized carbons (Fsp3) is 0.222. The lowest BCUT2D eigenvalue weighted by Gasteiger charge is -2.36. The van der Waals surface area contributed by atoms with E-state index in [1.807, 2.05) is 64.5 Å². The van der Waals surface area contributed by atoms with Gasteiger partial charge in [0.2, 0.25) is 0 Å². The van der Waals surface area contributed by atoms with Gasteiger partial charge >= 0.3 is 6.18 Å². The van der Waals surface area contributed by atoms with Crippen LogP contribution in [0.25, 0.3) is 43.9 Å². The van der Waals surface area contributed by atoms with Gasteiger partial charge in [0.1, 0.15) is 5.75 Å². The number of imidazole rings is 2. The number of aromatic nitrogens is 10. The number of H-pyrrole nitrogens is 4. The number of fused-ring (bicyclic) bond motifs is 4. The van der Waals surface area contributed by atoms with Crippen molar-refractivity contribution in [2.75, 3.05) is 69.3 Å². The number of pyridine rings is 2. The first-order valence-corrected chi connectivity index (χ1v) is 24.3. The molecule has 0 spiro atoms. The lowest BCUT2D eigenvalue weighted by Crippen LogP contribution is -2.49. The first-order valence-electron chi connectivity index (χ1n) is 24.3. The van der Waals surface area contributed by atoms with Gasteiger partial charge in [-0.25, -0.2) is 30.1 Å². The second-order valence-corrected chi connectivity index (χ2v) is 18.3. The normalized spacial score (nSPS) is 14.1. The van der Waals surface area contributed by atoms with Crippen LogP contribution in [-0.2, 0) is 19.0 Å². The number of halogens is 3. The van der Waals surface area contributed by atoms with Crippen molar-refractivity contribution in [1.82, 2.24) is 60.1 Å². The van der Waals surface area contributed by atoms with Crippen LogP contribution in [0.1, 0.15) is 48.8 Å². The predicted molar refractivity (Wildman–Crippen MR) is 279 cm³/mol. The fourth-order valence-corrected chi connectivity index (χ4v) is 9.82. The number of amides is 2. The molecular formula is C54H47F3N14O5. The fourth-order valence-electron chi connectivity index (χ4n) is 9.82. The molecule has 4 N–H and O–H groups in total. The summed E-state index contributed by atoms with van der Waals surface area (Å²) in [4.78, 5) is 81.9. The molecule has 6 aromatic heterocycles. The predicted octanol–water partition coefficient (Wildman–Crippen LogP) is 6.52. The quantitative estimate of drug-likeness (QED) is 0.121. The molecule has 0 atom stereocenters. The van der Waals surface area contributed by atoms with Crippen LogP contribution in [0.3, 0.4) is 0 Å². The average Bonchev–Trinajstić information content (AvgIpc) is 4.15. The molecule has 4 aromatic carbocycles. The number of aromatic amines is 4. The SMILES string of the molecule is COc1ccc(Cc2n[nH]c(=O)c3ccccc23)cc1C(=O)N1CCN(c2cnc3nc[nH]c3c2)CC1.O=C(c1cc(Cc2n[nH]c(=O)c3ccccc23)ccc1C(F)(F)F)N1CCN(c2cnc3nc[nH]c3c2)CC1. The molecule has 76 heavy (non-hydrogen) atoms. The van der Waals surface area contributed by atoms with Crippen LogP contribution in [0.4, 0.5) is 24.5 Å². The molecular weight excluding hydrogens is 982 g/mol. The Morgan fingerprint density at radius 3 is 1.49 bits per heavy atom. The number of nitrogens with one attached hydrogen (secondary N) is 4. The number of alkyl halides is 3. The summed E-state index contributed by atoms with van der Waals surface area (Å²) in [6.45, 7) is 3.97. The zero-order valence-electron chi connectivity index (χ0n) is 40.8. The van der Waals surface area contributed by atoms with Crippen molar-refractivity contribution in [1.29, 1.82) is 0 Å². The van der Waals surface area contributed by atoms with E-state index in [1.54, 1.807) is 56.3 Å². The highest BCUT2D eigenvalue weighted by Gasteiger charge is 2.37. The summed E-state index contributed by atoms with van der Waals surface area (Å²) in [7, 11) is 1.57. The Hall–Kier alpha value is -9.47. The molecule has 2 fully saturated rings. The van der Waals surface area contributed by atoms with Gasteiger partial charge in [0.15, 0.2) is 11.3 Å². The standard InChI is InChI=1S/C27H22F3N7O2.C27H25N7O3/c28-27(29,30)21-6-5-16(12-22-18-3-1-2-4-19(18)25(38)35-34-22)11-20(21)26(39)37-9-7-36(8-10-37)17-13-23-24(31-14-17)33-15-32-23;1-37-24-7-6-17(13-22-19-4-2-3-5-20(19)26(35)32-31-22)12-21(24)27(36)34-10-8-33(9-11-34)18-14-23-25(28-15-18)30-16-29-23/h1-6,11,13-15H,7-10,12H2,(H,35,38)(H,31,32,33);2-7,12,14-16H,8-11,13H2,1H3,(H,32,35)(H,28,29,30). The summed E-state index contributed by atoms with van der Waals surface area (Å²) in [5.74, 6) is -0.214. The number of carbonyl (C=O) groups is 2. The summed E-state index contributed by atoms with van der Waals surface area (Å²) >= 11 is 0. The number of piperazine rings is 2. The van der Waals surface area contributed by atoms with E-state index in [-0.39, 0.29) is 36.5 Å². The summed E-state index contributed by atoms with van der Waals surface area (Å²) in [5, 5.41) is 15.9. The number of hydrogen-bond donors (Lipinski definition) is 4. The Balaban J connectivity index is 0.000000162. The highest BCUT2D eigenvalue weighted by atomic mass is 19.4. The van der Waals surface area contributed by atoms with Gasteiger partial charge in [-0.3, -0.25) is 19.2 Å². The monoisotopic (exact) mass is 1030 g/mol. The maximum atomic E-state index is 13.9. The molecule has 2 saturated heterocycles. The van der Waals surface area contributed by atoms with Crippen LogP contribution in [0.2, 0.25) is 0 Å². The van der Waals surface area contributed by atoms with E-state index in [1.165, 1.54) is 17.0 Å². The zero-order chi connectivity index (χ0) is 52.5. The molecule has 2 aliphatic rings. The van der Waals surface area contributed by atoms with Crippen molar-refractivity contribution in [2.45, 2.75) is 19.0 Å². The highest BCUT2D eigenvalue weighted by Crippen LogP contribution is 2.34. The second kappa shape index (κ2) is 20.4. The van der Waals surface area contributed by atoms with Gasteiger partial charge in [-0.2, -0.15) is 23.4 Å². The number of benzene rings is 4.